The van der Waals surface area contributed by atoms with Crippen molar-refractivity contribution in [1.29, 1.82) is 0 Å². The van der Waals surface area contributed by atoms with Crippen LogP contribution in [0.3, 0.4) is 0 Å². The van der Waals surface area contributed by atoms with E-state index in [9.17, 15) is 0 Å². The molecule has 2 heteroatoms. The van der Waals surface area contributed by atoms with Crippen LogP contribution in [-0.4, -0.2) is 24.8 Å². The summed E-state index contributed by atoms with van der Waals surface area (Å²) in [6.07, 6.45) is 15.7. The van der Waals surface area contributed by atoms with E-state index < -0.39 is 0 Å². The molecule has 0 aromatic carbocycles. The number of aliphatic hydroxyl groups excluding tert-OH is 1. The summed E-state index contributed by atoms with van der Waals surface area (Å²) in [5.41, 5.74) is 5.69. The van der Waals surface area contributed by atoms with Crippen LogP contribution in [0.15, 0.2) is 46.6 Å². The van der Waals surface area contributed by atoms with Crippen molar-refractivity contribution in [2.24, 2.45) is 5.92 Å². The first-order chi connectivity index (χ1) is 12.3. The molecule has 0 atom stereocenters. The van der Waals surface area contributed by atoms with Gasteiger partial charge in [-0.3, -0.25) is 0 Å². The number of allylic oxidation sites excluding steroid dienone is 6. The summed E-state index contributed by atoms with van der Waals surface area (Å²) in [6.45, 7) is 15.4. The summed E-state index contributed by atoms with van der Waals surface area (Å²) >= 11 is 0. The third-order valence-electron chi connectivity index (χ3n) is 4.37. The standard InChI is InChI=1S/C24H43NO/c1-20(2)10-7-11-22(5)12-8-14-24(19-25-18-21(3)4)15-9-13-23(6)16-17-26/h10,12,15-16,21,25-26H,7-9,11,13-14,17-19H2,1-6H3/b22-12+,23-16+,24-15-. The van der Waals surface area contributed by atoms with E-state index in [0.717, 1.165) is 45.2 Å². The fourth-order valence-corrected chi connectivity index (χ4v) is 2.74. The average Bonchev–Trinajstić information content (AvgIpc) is 2.54. The maximum atomic E-state index is 8.96. The molecule has 0 aliphatic carbocycles. The lowest BCUT2D eigenvalue weighted by molar-refractivity contribution is 0.341. The Bertz CT molecular complexity index is 476. The minimum absolute atomic E-state index is 0.148. The molecule has 2 nitrogen and oxygen atoms in total. The van der Waals surface area contributed by atoms with Crippen molar-refractivity contribution >= 4 is 0 Å². The normalized spacial score (nSPS) is 13.5. The molecule has 0 rings (SSSR count). The third kappa shape index (κ3) is 16.4. The number of aliphatic hydroxyl groups is 1. The number of hydrogen-bond acceptors (Lipinski definition) is 2. The predicted molar refractivity (Wildman–Crippen MR) is 118 cm³/mol. The van der Waals surface area contributed by atoms with Crippen LogP contribution >= 0.6 is 0 Å². The SMILES string of the molecule is CC(C)=CCC/C(C)=C/CC/C(=C/CC/C(C)=C/CO)CNCC(C)C. The molecule has 0 saturated heterocycles. The van der Waals surface area contributed by atoms with Gasteiger partial charge < -0.3 is 10.4 Å². The molecule has 0 unspecified atom stereocenters. The van der Waals surface area contributed by atoms with Crippen molar-refractivity contribution < 1.29 is 5.11 Å². The topological polar surface area (TPSA) is 32.3 Å². The fourth-order valence-electron chi connectivity index (χ4n) is 2.74. The Morgan fingerprint density at radius 2 is 1.38 bits per heavy atom. The minimum Gasteiger partial charge on any atom is -0.392 e. The van der Waals surface area contributed by atoms with Crippen LogP contribution in [-0.2, 0) is 0 Å². The summed E-state index contributed by atoms with van der Waals surface area (Å²) in [5, 5.41) is 12.5. The van der Waals surface area contributed by atoms with Gasteiger partial charge in [-0.2, -0.15) is 0 Å². The van der Waals surface area contributed by atoms with Gasteiger partial charge in [-0.25, -0.2) is 0 Å². The zero-order valence-corrected chi connectivity index (χ0v) is 18.2. The zero-order chi connectivity index (χ0) is 19.8. The van der Waals surface area contributed by atoms with Crippen molar-refractivity contribution in [3.05, 3.63) is 46.6 Å². The molecule has 0 amide bonds. The quantitative estimate of drug-likeness (QED) is 0.353. The highest BCUT2D eigenvalue weighted by atomic mass is 16.2. The van der Waals surface area contributed by atoms with E-state index in [1.165, 1.54) is 28.7 Å². The Kier molecular flexibility index (Phi) is 15.4. The van der Waals surface area contributed by atoms with Crippen molar-refractivity contribution in [2.75, 3.05) is 19.7 Å². The van der Waals surface area contributed by atoms with Crippen LogP contribution in [0.25, 0.3) is 0 Å². The smallest absolute Gasteiger partial charge is 0.0614 e. The van der Waals surface area contributed by atoms with Crippen molar-refractivity contribution in [1.82, 2.24) is 5.32 Å². The Morgan fingerprint density at radius 1 is 0.808 bits per heavy atom. The van der Waals surface area contributed by atoms with Crippen molar-refractivity contribution in [3.8, 4) is 0 Å². The molecule has 0 aromatic rings. The molecule has 2 N–H and O–H groups in total. The predicted octanol–water partition coefficient (Wildman–Crippen LogP) is 6.35. The van der Waals surface area contributed by atoms with Crippen LogP contribution < -0.4 is 5.32 Å². The van der Waals surface area contributed by atoms with Crippen LogP contribution in [0.1, 0.15) is 80.1 Å². The molecule has 0 spiro atoms. The highest BCUT2D eigenvalue weighted by molar-refractivity contribution is 5.10. The van der Waals surface area contributed by atoms with Gasteiger partial charge in [0.15, 0.2) is 0 Å². The maximum absolute atomic E-state index is 8.96. The van der Waals surface area contributed by atoms with Gasteiger partial charge in [0.1, 0.15) is 0 Å². The summed E-state index contributed by atoms with van der Waals surface area (Å²) in [5.74, 6) is 0.684. The molecule has 0 bridgehead atoms. The maximum Gasteiger partial charge on any atom is 0.0614 e. The number of rotatable bonds is 14. The van der Waals surface area contributed by atoms with Crippen molar-refractivity contribution in [2.45, 2.75) is 80.1 Å². The average molecular weight is 362 g/mol. The Morgan fingerprint density at radius 3 is 1.96 bits per heavy atom. The lowest BCUT2D eigenvalue weighted by Gasteiger charge is -2.11. The second kappa shape index (κ2) is 16.1. The fraction of sp³-hybridized carbons (Fsp3) is 0.667. The zero-order valence-electron chi connectivity index (χ0n) is 18.2. The molecule has 0 aliphatic rings. The molecule has 150 valence electrons. The first-order valence-corrected chi connectivity index (χ1v) is 10.3. The van der Waals surface area contributed by atoms with Crippen molar-refractivity contribution in [3.63, 3.8) is 0 Å². The lowest BCUT2D eigenvalue weighted by Crippen LogP contribution is -2.22. The molecular formula is C24H43NO. The minimum atomic E-state index is 0.148. The van der Waals surface area contributed by atoms with Gasteiger partial charge in [0.2, 0.25) is 0 Å². The van der Waals surface area contributed by atoms with Crippen LogP contribution in [0.4, 0.5) is 0 Å². The third-order valence-corrected chi connectivity index (χ3v) is 4.37. The first-order valence-electron chi connectivity index (χ1n) is 10.3. The summed E-state index contributed by atoms with van der Waals surface area (Å²) in [6, 6.07) is 0. The molecule has 0 aliphatic heterocycles. The van der Waals surface area contributed by atoms with Crippen LogP contribution in [0.2, 0.25) is 0 Å². The highest BCUT2D eigenvalue weighted by Crippen LogP contribution is 2.14. The van der Waals surface area contributed by atoms with E-state index in [1.54, 1.807) is 0 Å². The van der Waals surface area contributed by atoms with E-state index in [-0.39, 0.29) is 6.61 Å². The second-order valence-electron chi connectivity index (χ2n) is 8.07. The lowest BCUT2D eigenvalue weighted by atomic mass is 10.0. The number of nitrogens with one attached hydrogen (secondary N) is 1. The largest absolute Gasteiger partial charge is 0.392 e. The van der Waals surface area contributed by atoms with Crippen LogP contribution in [0.5, 0.6) is 0 Å². The summed E-state index contributed by atoms with van der Waals surface area (Å²) in [4.78, 5) is 0. The number of hydrogen-bond donors (Lipinski definition) is 2. The Hall–Kier alpha value is -1.12. The van der Waals surface area contributed by atoms with Gasteiger partial charge in [-0.1, -0.05) is 60.4 Å². The molecule has 0 saturated carbocycles. The monoisotopic (exact) mass is 361 g/mol. The molecule has 0 fully saturated rings. The van der Waals surface area contributed by atoms with Gasteiger partial charge in [-0.05, 0) is 78.7 Å². The van der Waals surface area contributed by atoms with E-state index in [1.807, 2.05) is 6.08 Å². The van der Waals surface area contributed by atoms with E-state index in [4.69, 9.17) is 5.11 Å². The summed E-state index contributed by atoms with van der Waals surface area (Å²) in [7, 11) is 0. The molecular weight excluding hydrogens is 318 g/mol. The van der Waals surface area contributed by atoms with Gasteiger partial charge >= 0.3 is 0 Å². The van der Waals surface area contributed by atoms with E-state index in [0.29, 0.717) is 5.92 Å². The van der Waals surface area contributed by atoms with Gasteiger partial charge in [0, 0.05) is 6.54 Å². The Labute approximate surface area is 163 Å². The van der Waals surface area contributed by atoms with E-state index >= 15 is 0 Å². The Balaban J connectivity index is 4.49. The van der Waals surface area contributed by atoms with Crippen LogP contribution in [0, 0.1) is 5.92 Å². The molecule has 0 heterocycles. The molecule has 0 aromatic heterocycles. The van der Waals surface area contributed by atoms with E-state index in [2.05, 4.69) is 65.1 Å². The highest BCUT2D eigenvalue weighted by Gasteiger charge is 2.00. The molecule has 0 radical (unpaired) electrons. The summed E-state index contributed by atoms with van der Waals surface area (Å²) < 4.78 is 0. The molecule has 26 heavy (non-hydrogen) atoms. The van der Waals surface area contributed by atoms with Gasteiger partial charge in [0.25, 0.3) is 0 Å². The van der Waals surface area contributed by atoms with Gasteiger partial charge in [-0.15, -0.1) is 0 Å². The van der Waals surface area contributed by atoms with Gasteiger partial charge in [0.05, 0.1) is 6.61 Å². The first kappa shape index (κ1) is 24.9. The second-order valence-corrected chi connectivity index (χ2v) is 8.07.